The molecule has 2 heteroatoms. The van der Waals surface area contributed by atoms with Gasteiger partial charge in [-0.2, -0.15) is 0 Å². The quantitative estimate of drug-likeness (QED) is 0.519. The molecule has 1 aromatic carbocycles. The Morgan fingerprint density at radius 1 is 1.42 bits per heavy atom. The fourth-order valence-corrected chi connectivity index (χ4v) is 1.12. The van der Waals surface area contributed by atoms with Crippen molar-refractivity contribution in [2.24, 2.45) is 0 Å². The van der Waals surface area contributed by atoms with Crippen LogP contribution >= 0.6 is 0 Å². The molecule has 0 bridgehead atoms. The van der Waals surface area contributed by atoms with E-state index in [1.54, 1.807) is 19.1 Å². The standard InChI is InChI=1S/C10H12O2/c1-3-4-8-5-7(2)10(12)9(11)6-8/h3,5-6,11-12H,1,4H2,2H3. The van der Waals surface area contributed by atoms with E-state index >= 15 is 0 Å². The summed E-state index contributed by atoms with van der Waals surface area (Å²) in [5.74, 6) is -0.102. The maximum Gasteiger partial charge on any atom is 0.160 e. The highest BCUT2D eigenvalue weighted by molar-refractivity contribution is 5.47. The number of phenolic OH excluding ortho intramolecular Hbond substituents is 2. The molecule has 0 radical (unpaired) electrons. The molecule has 0 spiro atoms. The summed E-state index contributed by atoms with van der Waals surface area (Å²) in [6, 6.07) is 3.38. The van der Waals surface area contributed by atoms with Crippen molar-refractivity contribution in [1.29, 1.82) is 0 Å². The summed E-state index contributed by atoms with van der Waals surface area (Å²) in [5, 5.41) is 18.4. The third kappa shape index (κ3) is 1.59. The highest BCUT2D eigenvalue weighted by atomic mass is 16.3. The van der Waals surface area contributed by atoms with E-state index in [4.69, 9.17) is 0 Å². The van der Waals surface area contributed by atoms with Crippen LogP contribution in [0.25, 0.3) is 0 Å². The summed E-state index contributed by atoms with van der Waals surface area (Å²) in [7, 11) is 0. The molecular formula is C10H12O2. The van der Waals surface area contributed by atoms with Crippen LogP contribution in [0.4, 0.5) is 0 Å². The highest BCUT2D eigenvalue weighted by Crippen LogP contribution is 2.29. The van der Waals surface area contributed by atoms with Crippen LogP contribution in [0.15, 0.2) is 24.8 Å². The Hall–Kier alpha value is -1.44. The number of benzene rings is 1. The van der Waals surface area contributed by atoms with Gasteiger partial charge in [0.2, 0.25) is 0 Å². The van der Waals surface area contributed by atoms with Crippen molar-refractivity contribution >= 4 is 0 Å². The van der Waals surface area contributed by atoms with Crippen molar-refractivity contribution < 1.29 is 10.2 Å². The number of allylic oxidation sites excluding steroid dienone is 1. The average Bonchev–Trinajstić information content (AvgIpc) is 2.01. The molecule has 2 N–H and O–H groups in total. The summed E-state index contributed by atoms with van der Waals surface area (Å²) in [6.07, 6.45) is 2.46. The van der Waals surface area contributed by atoms with E-state index in [9.17, 15) is 10.2 Å². The molecule has 0 saturated carbocycles. The van der Waals surface area contributed by atoms with E-state index in [1.807, 2.05) is 6.07 Å². The van der Waals surface area contributed by atoms with E-state index in [0.29, 0.717) is 12.0 Å². The Bertz CT molecular complexity index is 280. The molecule has 64 valence electrons. The summed E-state index contributed by atoms with van der Waals surface area (Å²) < 4.78 is 0. The topological polar surface area (TPSA) is 40.5 Å². The zero-order valence-corrected chi connectivity index (χ0v) is 7.04. The molecule has 1 aromatic rings. The van der Waals surface area contributed by atoms with Crippen LogP contribution in [0, 0.1) is 6.92 Å². The van der Waals surface area contributed by atoms with Gasteiger partial charge in [0.05, 0.1) is 0 Å². The van der Waals surface area contributed by atoms with E-state index in [-0.39, 0.29) is 11.5 Å². The molecule has 0 aliphatic heterocycles. The Morgan fingerprint density at radius 2 is 2.08 bits per heavy atom. The Labute approximate surface area is 71.8 Å². The fraction of sp³-hybridized carbons (Fsp3) is 0.200. The summed E-state index contributed by atoms with van der Waals surface area (Å²) in [5.41, 5.74) is 1.64. The first-order chi connectivity index (χ1) is 5.65. The van der Waals surface area contributed by atoms with E-state index < -0.39 is 0 Å². The van der Waals surface area contributed by atoms with Crippen molar-refractivity contribution in [1.82, 2.24) is 0 Å². The lowest BCUT2D eigenvalue weighted by Gasteiger charge is -2.04. The van der Waals surface area contributed by atoms with Crippen molar-refractivity contribution in [3.05, 3.63) is 35.9 Å². The van der Waals surface area contributed by atoms with E-state index in [2.05, 4.69) is 6.58 Å². The largest absolute Gasteiger partial charge is 0.504 e. The van der Waals surface area contributed by atoms with Crippen LogP contribution in [0.1, 0.15) is 11.1 Å². The van der Waals surface area contributed by atoms with Gasteiger partial charge in [0.15, 0.2) is 11.5 Å². The summed E-state index contributed by atoms with van der Waals surface area (Å²) >= 11 is 0. The smallest absolute Gasteiger partial charge is 0.160 e. The molecule has 0 heterocycles. The molecular weight excluding hydrogens is 152 g/mol. The minimum atomic E-state index is -0.0631. The van der Waals surface area contributed by atoms with Crippen molar-refractivity contribution in [2.45, 2.75) is 13.3 Å². The fourth-order valence-electron chi connectivity index (χ4n) is 1.12. The molecule has 0 aromatic heterocycles. The molecule has 0 aliphatic carbocycles. The van der Waals surface area contributed by atoms with Crippen LogP contribution in [0.3, 0.4) is 0 Å². The van der Waals surface area contributed by atoms with E-state index in [0.717, 1.165) is 5.56 Å². The lowest BCUT2D eigenvalue weighted by molar-refractivity contribution is 0.400. The highest BCUT2D eigenvalue weighted by Gasteiger charge is 2.03. The zero-order chi connectivity index (χ0) is 9.14. The van der Waals surface area contributed by atoms with Crippen LogP contribution < -0.4 is 0 Å². The molecule has 12 heavy (non-hydrogen) atoms. The zero-order valence-electron chi connectivity index (χ0n) is 7.04. The van der Waals surface area contributed by atoms with Gasteiger partial charge in [-0.25, -0.2) is 0 Å². The second kappa shape index (κ2) is 3.30. The molecule has 0 aliphatic rings. The van der Waals surface area contributed by atoms with E-state index in [1.165, 1.54) is 0 Å². The SMILES string of the molecule is C=CCc1cc(C)c(O)c(O)c1. The predicted molar refractivity (Wildman–Crippen MR) is 48.4 cm³/mol. The lowest BCUT2D eigenvalue weighted by atomic mass is 10.1. The molecule has 0 atom stereocenters. The number of phenols is 2. The summed E-state index contributed by atoms with van der Waals surface area (Å²) in [4.78, 5) is 0. The van der Waals surface area contributed by atoms with Crippen LogP contribution in [-0.2, 0) is 6.42 Å². The molecule has 1 rings (SSSR count). The Morgan fingerprint density at radius 3 is 2.58 bits per heavy atom. The third-order valence-corrected chi connectivity index (χ3v) is 1.72. The van der Waals surface area contributed by atoms with Crippen molar-refractivity contribution in [3.63, 3.8) is 0 Å². The number of aryl methyl sites for hydroxylation is 1. The van der Waals surface area contributed by atoms with Gasteiger partial charge >= 0.3 is 0 Å². The van der Waals surface area contributed by atoms with Crippen LogP contribution in [-0.4, -0.2) is 10.2 Å². The molecule has 2 nitrogen and oxygen atoms in total. The number of hydrogen-bond acceptors (Lipinski definition) is 2. The summed E-state index contributed by atoms with van der Waals surface area (Å²) in [6.45, 7) is 5.35. The van der Waals surface area contributed by atoms with Gasteiger partial charge in [0, 0.05) is 0 Å². The molecule has 0 amide bonds. The van der Waals surface area contributed by atoms with Gasteiger partial charge in [0.1, 0.15) is 0 Å². The first-order valence-electron chi connectivity index (χ1n) is 3.77. The number of aromatic hydroxyl groups is 2. The second-order valence-corrected chi connectivity index (χ2v) is 2.77. The minimum Gasteiger partial charge on any atom is -0.504 e. The minimum absolute atomic E-state index is 0.0391. The number of hydrogen-bond donors (Lipinski definition) is 2. The van der Waals surface area contributed by atoms with Crippen LogP contribution in [0.5, 0.6) is 11.5 Å². The van der Waals surface area contributed by atoms with Gasteiger partial charge in [-0.1, -0.05) is 12.1 Å². The van der Waals surface area contributed by atoms with Crippen LogP contribution in [0.2, 0.25) is 0 Å². The maximum absolute atomic E-state index is 9.22. The Kier molecular flexibility index (Phi) is 2.38. The van der Waals surface area contributed by atoms with Gasteiger partial charge in [0.25, 0.3) is 0 Å². The van der Waals surface area contributed by atoms with Crippen molar-refractivity contribution in [3.8, 4) is 11.5 Å². The normalized spacial score (nSPS) is 9.75. The Balaban J connectivity index is 3.11. The monoisotopic (exact) mass is 164 g/mol. The first-order valence-corrected chi connectivity index (χ1v) is 3.77. The van der Waals surface area contributed by atoms with Crippen molar-refractivity contribution in [2.75, 3.05) is 0 Å². The third-order valence-electron chi connectivity index (χ3n) is 1.72. The molecule has 0 fully saturated rings. The molecule has 0 saturated heterocycles. The maximum atomic E-state index is 9.22. The molecule has 0 unspecified atom stereocenters. The first kappa shape index (κ1) is 8.65. The lowest BCUT2D eigenvalue weighted by Crippen LogP contribution is -1.83. The average molecular weight is 164 g/mol. The number of rotatable bonds is 2. The predicted octanol–water partition coefficient (Wildman–Crippen LogP) is 2.13. The van der Waals surface area contributed by atoms with Gasteiger partial charge in [-0.3, -0.25) is 0 Å². The second-order valence-electron chi connectivity index (χ2n) is 2.77. The van der Waals surface area contributed by atoms with Gasteiger partial charge in [-0.05, 0) is 30.5 Å². The van der Waals surface area contributed by atoms with Gasteiger partial charge < -0.3 is 10.2 Å². The van der Waals surface area contributed by atoms with Gasteiger partial charge in [-0.15, -0.1) is 6.58 Å².